The van der Waals surface area contributed by atoms with Crippen LogP contribution in [0.1, 0.15) is 42.6 Å². The van der Waals surface area contributed by atoms with Gasteiger partial charge >= 0.3 is 0 Å². The van der Waals surface area contributed by atoms with Crippen LogP contribution in [0.5, 0.6) is 11.6 Å². The van der Waals surface area contributed by atoms with Crippen LogP contribution in [0.15, 0.2) is 42.6 Å². The van der Waals surface area contributed by atoms with Crippen molar-refractivity contribution in [2.75, 3.05) is 27.9 Å². The third-order valence-corrected chi connectivity index (χ3v) is 6.92. The third-order valence-electron chi connectivity index (χ3n) is 6.60. The first kappa shape index (κ1) is 23.7. The summed E-state index contributed by atoms with van der Waals surface area (Å²) in [6.45, 7) is 4.62. The number of carbonyl (C=O) groups excluding carboxylic acids is 1. The minimum atomic E-state index is -0.539. The lowest BCUT2D eigenvalue weighted by Crippen LogP contribution is -2.32. The number of halogens is 2. The SMILES string of the molecule is CC1(C)Cc2c3c(cc(C(=O)Nc4ccc(OCC5CC5)nc4)c2O1)NC(Nc1c(F)cccc1Cl)N3. The molecule has 4 N–H and O–H groups in total. The number of nitrogens with one attached hydrogen (secondary N) is 4. The van der Waals surface area contributed by atoms with Crippen molar-refractivity contribution in [2.45, 2.75) is 45.0 Å². The van der Waals surface area contributed by atoms with Crippen LogP contribution in [-0.4, -0.2) is 29.4 Å². The summed E-state index contributed by atoms with van der Waals surface area (Å²) in [6, 6.07) is 9.76. The van der Waals surface area contributed by atoms with Crippen LogP contribution < -0.4 is 30.7 Å². The van der Waals surface area contributed by atoms with Crippen LogP contribution in [0.25, 0.3) is 0 Å². The number of carbonyl (C=O) groups is 1. The first-order valence-electron chi connectivity index (χ1n) is 12.3. The molecule has 3 aromatic rings. The van der Waals surface area contributed by atoms with Gasteiger partial charge in [0.15, 0.2) is 6.29 Å². The minimum Gasteiger partial charge on any atom is -0.486 e. The lowest BCUT2D eigenvalue weighted by Gasteiger charge is -2.18. The van der Waals surface area contributed by atoms with Gasteiger partial charge in [0.1, 0.15) is 17.2 Å². The molecule has 8 nitrogen and oxygen atoms in total. The molecule has 1 saturated carbocycles. The van der Waals surface area contributed by atoms with Crippen molar-refractivity contribution in [2.24, 2.45) is 5.92 Å². The van der Waals surface area contributed by atoms with E-state index in [-0.39, 0.29) is 16.6 Å². The predicted octanol–water partition coefficient (Wildman–Crippen LogP) is 5.86. The van der Waals surface area contributed by atoms with Gasteiger partial charge in [-0.15, -0.1) is 0 Å². The maximum absolute atomic E-state index is 14.3. The molecule has 1 atom stereocenters. The summed E-state index contributed by atoms with van der Waals surface area (Å²) in [6.07, 6.45) is 4.05. The number of aromatic nitrogens is 1. The number of benzene rings is 2. The highest BCUT2D eigenvalue weighted by atomic mass is 35.5. The minimum absolute atomic E-state index is 0.185. The van der Waals surface area contributed by atoms with E-state index in [9.17, 15) is 9.18 Å². The number of rotatable bonds is 7. The van der Waals surface area contributed by atoms with E-state index in [1.54, 1.807) is 36.5 Å². The van der Waals surface area contributed by atoms with Gasteiger partial charge in [-0.2, -0.15) is 0 Å². The van der Waals surface area contributed by atoms with Crippen LogP contribution in [-0.2, 0) is 6.42 Å². The molecule has 6 rings (SSSR count). The molecule has 3 aliphatic rings. The first-order valence-corrected chi connectivity index (χ1v) is 12.7. The maximum Gasteiger partial charge on any atom is 0.259 e. The quantitative estimate of drug-likeness (QED) is 0.308. The highest BCUT2D eigenvalue weighted by Crippen LogP contribution is 2.48. The summed E-state index contributed by atoms with van der Waals surface area (Å²) >= 11 is 6.19. The number of anilines is 4. The summed E-state index contributed by atoms with van der Waals surface area (Å²) in [4.78, 5) is 17.7. The zero-order chi connectivity index (χ0) is 25.7. The van der Waals surface area contributed by atoms with Crippen molar-refractivity contribution >= 4 is 40.3 Å². The molecule has 2 aromatic carbocycles. The largest absolute Gasteiger partial charge is 0.486 e. The summed E-state index contributed by atoms with van der Waals surface area (Å²) in [5.74, 6) is 0.920. The van der Waals surface area contributed by atoms with Crippen LogP contribution in [0, 0.1) is 11.7 Å². The average Bonchev–Trinajstić information content (AvgIpc) is 3.50. The zero-order valence-electron chi connectivity index (χ0n) is 20.5. The molecule has 1 fully saturated rings. The van der Waals surface area contributed by atoms with Crippen molar-refractivity contribution in [1.82, 2.24) is 4.98 Å². The van der Waals surface area contributed by atoms with E-state index < -0.39 is 17.7 Å². The Kier molecular flexibility index (Phi) is 5.75. The predicted molar refractivity (Wildman–Crippen MR) is 141 cm³/mol. The standard InChI is InChI=1S/C27H27ClFN5O3/c1-27(2)11-17-22-20(32-26(33-22)34-23-18(28)4-3-5-19(23)29)10-16(24(17)37-27)25(35)31-15-8-9-21(30-12-15)36-13-14-6-7-14/h3-5,8-10,12,14,26,32-34H,6-7,11,13H2,1-2H3,(H,31,35). The van der Waals surface area contributed by atoms with Gasteiger partial charge in [0.25, 0.3) is 5.91 Å². The van der Waals surface area contributed by atoms with Gasteiger partial charge in [-0.3, -0.25) is 4.79 Å². The Morgan fingerprint density at radius 2 is 2.11 bits per heavy atom. The van der Waals surface area contributed by atoms with E-state index in [1.165, 1.54) is 18.9 Å². The fourth-order valence-electron chi connectivity index (χ4n) is 4.61. The second kappa shape index (κ2) is 8.99. The number of pyridine rings is 1. The molecule has 0 bridgehead atoms. The van der Waals surface area contributed by atoms with Crippen molar-refractivity contribution in [3.05, 3.63) is 64.6 Å². The molecule has 1 amide bonds. The summed E-state index contributed by atoms with van der Waals surface area (Å²) in [5, 5.41) is 12.9. The monoisotopic (exact) mass is 523 g/mol. The van der Waals surface area contributed by atoms with Gasteiger partial charge in [0, 0.05) is 18.1 Å². The third kappa shape index (κ3) is 4.83. The zero-order valence-corrected chi connectivity index (χ0v) is 21.2. The Labute approximate surface area is 218 Å². The number of hydrogen-bond donors (Lipinski definition) is 4. The highest BCUT2D eigenvalue weighted by Gasteiger charge is 2.39. The lowest BCUT2D eigenvalue weighted by molar-refractivity contribution is 0.101. The van der Waals surface area contributed by atoms with Crippen molar-refractivity contribution in [3.63, 3.8) is 0 Å². The number of fused-ring (bicyclic) bond motifs is 3. The topological polar surface area (TPSA) is 96.5 Å². The van der Waals surface area contributed by atoms with Crippen molar-refractivity contribution in [1.29, 1.82) is 0 Å². The summed E-state index contributed by atoms with van der Waals surface area (Å²) in [5.41, 5.74) is 3.04. The number of hydrogen-bond acceptors (Lipinski definition) is 7. The van der Waals surface area contributed by atoms with E-state index in [4.69, 9.17) is 21.1 Å². The van der Waals surface area contributed by atoms with Gasteiger partial charge in [-0.25, -0.2) is 9.37 Å². The van der Waals surface area contributed by atoms with E-state index >= 15 is 0 Å². The Balaban J connectivity index is 1.23. The molecular weight excluding hydrogens is 497 g/mol. The van der Waals surface area contributed by atoms with Crippen molar-refractivity contribution < 1.29 is 18.7 Å². The first-order chi connectivity index (χ1) is 17.8. The van der Waals surface area contributed by atoms with E-state index in [0.717, 1.165) is 11.3 Å². The van der Waals surface area contributed by atoms with Crippen molar-refractivity contribution in [3.8, 4) is 11.6 Å². The average molecular weight is 524 g/mol. The second-order valence-corrected chi connectivity index (χ2v) is 10.7. The van der Waals surface area contributed by atoms with Crippen LogP contribution in [0.4, 0.5) is 27.1 Å². The van der Waals surface area contributed by atoms with Gasteiger partial charge in [0.05, 0.1) is 46.1 Å². The molecule has 1 aliphatic carbocycles. The second-order valence-electron chi connectivity index (χ2n) is 10.2. The smallest absolute Gasteiger partial charge is 0.259 e. The van der Waals surface area contributed by atoms with Crippen LogP contribution in [0.2, 0.25) is 5.02 Å². The Bertz CT molecular complexity index is 1360. The molecule has 37 heavy (non-hydrogen) atoms. The molecule has 192 valence electrons. The summed E-state index contributed by atoms with van der Waals surface area (Å²) in [7, 11) is 0. The molecule has 1 unspecified atom stereocenters. The molecule has 10 heteroatoms. The van der Waals surface area contributed by atoms with Gasteiger partial charge in [0.2, 0.25) is 5.88 Å². The fourth-order valence-corrected chi connectivity index (χ4v) is 4.82. The molecule has 2 aliphatic heterocycles. The lowest BCUT2D eigenvalue weighted by atomic mass is 9.97. The van der Waals surface area contributed by atoms with E-state index in [0.29, 0.717) is 47.5 Å². The van der Waals surface area contributed by atoms with Crippen LogP contribution >= 0.6 is 11.6 Å². The molecule has 1 aromatic heterocycles. The molecule has 0 radical (unpaired) electrons. The molecule has 0 spiro atoms. The number of para-hydroxylation sites is 1. The normalized spacial score (nSPS) is 18.6. The molecular formula is C27H27ClFN5O3. The highest BCUT2D eigenvalue weighted by molar-refractivity contribution is 6.33. The Morgan fingerprint density at radius 3 is 2.84 bits per heavy atom. The fraction of sp³-hybridized carbons (Fsp3) is 0.333. The van der Waals surface area contributed by atoms with Crippen LogP contribution in [0.3, 0.4) is 0 Å². The van der Waals surface area contributed by atoms with Gasteiger partial charge in [-0.1, -0.05) is 17.7 Å². The molecule has 0 saturated heterocycles. The maximum atomic E-state index is 14.3. The summed E-state index contributed by atoms with van der Waals surface area (Å²) < 4.78 is 26.2. The number of nitrogens with zero attached hydrogens (tertiary/aromatic N) is 1. The number of ether oxygens (including phenoxy) is 2. The van der Waals surface area contributed by atoms with Gasteiger partial charge < -0.3 is 30.7 Å². The Hall–Kier alpha value is -3.72. The molecule has 3 heterocycles. The Morgan fingerprint density at radius 1 is 1.27 bits per heavy atom. The van der Waals surface area contributed by atoms with E-state index in [1.807, 2.05) is 13.8 Å². The number of amides is 1. The van der Waals surface area contributed by atoms with E-state index in [2.05, 4.69) is 26.3 Å². The van der Waals surface area contributed by atoms with Gasteiger partial charge in [-0.05, 0) is 56.9 Å².